The third-order valence-corrected chi connectivity index (χ3v) is 3.98. The lowest BCUT2D eigenvalue weighted by Crippen LogP contribution is -2.34. The third-order valence-electron chi connectivity index (χ3n) is 3.98. The molecule has 5 heteroatoms. The smallest absolute Gasteiger partial charge is 0.156 e. The maximum Gasteiger partial charge on any atom is 0.156 e. The lowest BCUT2D eigenvalue weighted by molar-refractivity contribution is 0.377. The number of imidazole rings is 1. The normalized spacial score (nSPS) is 16.9. The van der Waals surface area contributed by atoms with E-state index in [1.165, 1.54) is 12.8 Å². The molecule has 1 saturated heterocycles. The van der Waals surface area contributed by atoms with E-state index >= 15 is 0 Å². The molecular formula is C14H21N5. The molecule has 3 rings (SSSR count). The first-order valence-corrected chi connectivity index (χ1v) is 6.93. The van der Waals surface area contributed by atoms with Gasteiger partial charge in [0.05, 0.1) is 11.8 Å². The average Bonchev–Trinajstić information content (AvgIpc) is 2.82. The molecule has 2 aromatic rings. The highest BCUT2D eigenvalue weighted by molar-refractivity contribution is 5.86. The summed E-state index contributed by atoms with van der Waals surface area (Å²) in [6.45, 7) is 3.34. The zero-order chi connectivity index (χ0) is 13.2. The van der Waals surface area contributed by atoms with E-state index in [2.05, 4.69) is 27.2 Å². The van der Waals surface area contributed by atoms with Gasteiger partial charge in [0.15, 0.2) is 5.82 Å². The number of hydrogen-bond acceptors (Lipinski definition) is 4. The number of rotatable bonds is 3. The zero-order valence-corrected chi connectivity index (χ0v) is 11.6. The molecule has 2 aromatic heterocycles. The van der Waals surface area contributed by atoms with Gasteiger partial charge in [-0.1, -0.05) is 0 Å². The molecule has 5 nitrogen and oxygen atoms in total. The Morgan fingerprint density at radius 3 is 2.95 bits per heavy atom. The standard InChI is InChI=1S/C14H21N5/c1-18(9-11-3-6-15-7-4-11)14-13-12(5-8-16-14)19(2)10-17-13/h5,8,10-11,15H,3-4,6-7,9H2,1-2H3. The third kappa shape index (κ3) is 2.42. The SMILES string of the molecule is CN(CC1CCNCC1)c1nccc2c1ncn2C. The molecule has 1 fully saturated rings. The van der Waals surface area contributed by atoms with E-state index in [1.54, 1.807) is 0 Å². The minimum atomic E-state index is 0.756. The van der Waals surface area contributed by atoms with Crippen molar-refractivity contribution in [3.05, 3.63) is 18.6 Å². The lowest BCUT2D eigenvalue weighted by atomic mass is 9.98. The molecule has 1 N–H and O–H groups in total. The van der Waals surface area contributed by atoms with Crippen LogP contribution in [0.3, 0.4) is 0 Å². The fraction of sp³-hybridized carbons (Fsp3) is 0.571. The van der Waals surface area contributed by atoms with Crippen molar-refractivity contribution in [2.75, 3.05) is 31.6 Å². The quantitative estimate of drug-likeness (QED) is 0.905. The Bertz CT molecular complexity index is 556. The molecule has 102 valence electrons. The summed E-state index contributed by atoms with van der Waals surface area (Å²) in [5.74, 6) is 1.75. The van der Waals surface area contributed by atoms with Gasteiger partial charge in [0.25, 0.3) is 0 Å². The van der Waals surface area contributed by atoms with E-state index in [0.717, 1.165) is 42.4 Å². The maximum absolute atomic E-state index is 4.52. The number of hydrogen-bond donors (Lipinski definition) is 1. The summed E-state index contributed by atoms with van der Waals surface area (Å²) in [6, 6.07) is 2.02. The minimum Gasteiger partial charge on any atom is -0.358 e. The van der Waals surface area contributed by atoms with Crippen molar-refractivity contribution in [1.82, 2.24) is 19.9 Å². The Hall–Kier alpha value is -1.62. The molecule has 1 aliphatic rings. The Labute approximate surface area is 113 Å². The summed E-state index contributed by atoms with van der Waals surface area (Å²) >= 11 is 0. The molecule has 0 amide bonds. The second-order valence-electron chi connectivity index (χ2n) is 5.43. The van der Waals surface area contributed by atoms with E-state index < -0.39 is 0 Å². The van der Waals surface area contributed by atoms with Crippen LogP contribution in [0.1, 0.15) is 12.8 Å². The minimum absolute atomic E-state index is 0.756. The van der Waals surface area contributed by atoms with Gasteiger partial charge in [0.2, 0.25) is 0 Å². The molecule has 0 aliphatic carbocycles. The number of nitrogens with one attached hydrogen (secondary N) is 1. The van der Waals surface area contributed by atoms with Gasteiger partial charge in [-0.25, -0.2) is 9.97 Å². The van der Waals surface area contributed by atoms with E-state index in [1.807, 2.05) is 30.2 Å². The van der Waals surface area contributed by atoms with Gasteiger partial charge in [-0.3, -0.25) is 0 Å². The van der Waals surface area contributed by atoms with E-state index in [0.29, 0.717) is 0 Å². The van der Waals surface area contributed by atoms with Crippen molar-refractivity contribution >= 4 is 16.9 Å². The second kappa shape index (κ2) is 5.17. The van der Waals surface area contributed by atoms with Crippen molar-refractivity contribution < 1.29 is 0 Å². The largest absolute Gasteiger partial charge is 0.358 e. The highest BCUT2D eigenvalue weighted by Crippen LogP contribution is 2.23. The highest BCUT2D eigenvalue weighted by Gasteiger charge is 2.18. The molecule has 0 bridgehead atoms. The monoisotopic (exact) mass is 259 g/mol. The van der Waals surface area contributed by atoms with Crippen molar-refractivity contribution in [2.45, 2.75) is 12.8 Å². The van der Waals surface area contributed by atoms with Crippen LogP contribution in [-0.4, -0.2) is 41.2 Å². The maximum atomic E-state index is 4.52. The second-order valence-corrected chi connectivity index (χ2v) is 5.43. The molecule has 0 saturated carbocycles. The van der Waals surface area contributed by atoms with Crippen LogP contribution in [-0.2, 0) is 7.05 Å². The van der Waals surface area contributed by atoms with Crippen molar-refractivity contribution in [3.63, 3.8) is 0 Å². The first kappa shape index (κ1) is 12.4. The van der Waals surface area contributed by atoms with Gasteiger partial charge in [0.1, 0.15) is 5.52 Å². The Balaban J connectivity index is 1.82. The molecule has 0 unspecified atom stereocenters. The summed E-state index contributed by atoms with van der Waals surface area (Å²) in [6.07, 6.45) is 6.23. The van der Waals surface area contributed by atoms with Crippen LogP contribution in [0.2, 0.25) is 0 Å². The van der Waals surface area contributed by atoms with Gasteiger partial charge < -0.3 is 14.8 Å². The molecule has 3 heterocycles. The average molecular weight is 259 g/mol. The van der Waals surface area contributed by atoms with Gasteiger partial charge in [-0.05, 0) is 37.9 Å². The Morgan fingerprint density at radius 2 is 2.16 bits per heavy atom. The van der Waals surface area contributed by atoms with Crippen LogP contribution in [0.15, 0.2) is 18.6 Å². The Kier molecular flexibility index (Phi) is 3.38. The molecule has 0 spiro atoms. The van der Waals surface area contributed by atoms with Crippen LogP contribution in [0.25, 0.3) is 11.0 Å². The number of aryl methyl sites for hydroxylation is 1. The van der Waals surface area contributed by atoms with E-state index in [4.69, 9.17) is 0 Å². The van der Waals surface area contributed by atoms with Crippen LogP contribution in [0, 0.1) is 5.92 Å². The van der Waals surface area contributed by atoms with Gasteiger partial charge in [0, 0.05) is 26.8 Å². The fourth-order valence-electron chi connectivity index (χ4n) is 2.87. The molecule has 19 heavy (non-hydrogen) atoms. The number of anilines is 1. The topological polar surface area (TPSA) is 46.0 Å². The van der Waals surface area contributed by atoms with Crippen LogP contribution >= 0.6 is 0 Å². The molecule has 0 atom stereocenters. The summed E-state index contributed by atoms with van der Waals surface area (Å²) in [7, 11) is 4.14. The van der Waals surface area contributed by atoms with E-state index in [9.17, 15) is 0 Å². The van der Waals surface area contributed by atoms with Crippen LogP contribution < -0.4 is 10.2 Å². The molecule has 1 aliphatic heterocycles. The predicted octanol–water partition coefficient (Wildman–Crippen LogP) is 1.40. The summed E-state index contributed by atoms with van der Waals surface area (Å²) in [5, 5.41) is 3.41. The van der Waals surface area contributed by atoms with Gasteiger partial charge in [-0.15, -0.1) is 0 Å². The highest BCUT2D eigenvalue weighted by atomic mass is 15.2. The number of piperidine rings is 1. The zero-order valence-electron chi connectivity index (χ0n) is 11.6. The van der Waals surface area contributed by atoms with Crippen molar-refractivity contribution in [2.24, 2.45) is 13.0 Å². The van der Waals surface area contributed by atoms with E-state index in [-0.39, 0.29) is 0 Å². The number of nitrogens with zero attached hydrogens (tertiary/aromatic N) is 4. The van der Waals surface area contributed by atoms with Crippen molar-refractivity contribution in [3.8, 4) is 0 Å². The summed E-state index contributed by atoms with van der Waals surface area (Å²) in [4.78, 5) is 11.3. The number of pyridine rings is 1. The summed E-state index contributed by atoms with van der Waals surface area (Å²) in [5.41, 5.74) is 2.14. The van der Waals surface area contributed by atoms with Gasteiger partial charge >= 0.3 is 0 Å². The number of aromatic nitrogens is 3. The summed E-state index contributed by atoms with van der Waals surface area (Å²) < 4.78 is 2.04. The first-order chi connectivity index (χ1) is 9.25. The fourth-order valence-corrected chi connectivity index (χ4v) is 2.87. The lowest BCUT2D eigenvalue weighted by Gasteiger charge is -2.28. The van der Waals surface area contributed by atoms with Crippen LogP contribution in [0.5, 0.6) is 0 Å². The molecular weight excluding hydrogens is 238 g/mol. The van der Waals surface area contributed by atoms with Crippen molar-refractivity contribution in [1.29, 1.82) is 0 Å². The molecule has 0 aromatic carbocycles. The van der Waals surface area contributed by atoms with Gasteiger partial charge in [-0.2, -0.15) is 0 Å². The number of fused-ring (bicyclic) bond motifs is 1. The predicted molar refractivity (Wildman–Crippen MR) is 77.4 cm³/mol. The first-order valence-electron chi connectivity index (χ1n) is 6.93. The molecule has 0 radical (unpaired) electrons. The Morgan fingerprint density at radius 1 is 1.37 bits per heavy atom. The van der Waals surface area contributed by atoms with Crippen LogP contribution in [0.4, 0.5) is 5.82 Å².